The number of H-pyrrole nitrogens is 1. The number of nitrogens with one attached hydrogen (secondary N) is 1. The molecule has 2 N–H and O–H groups in total. The van der Waals surface area contributed by atoms with Gasteiger partial charge in [0.1, 0.15) is 5.82 Å². The van der Waals surface area contributed by atoms with Crippen molar-refractivity contribution in [2.45, 2.75) is 63.6 Å². The van der Waals surface area contributed by atoms with Crippen molar-refractivity contribution < 1.29 is 14.7 Å². The Hall–Kier alpha value is -4.74. The lowest BCUT2D eigenvalue weighted by atomic mass is 9.87. The molecule has 2 aliphatic heterocycles. The van der Waals surface area contributed by atoms with Gasteiger partial charge in [-0.15, -0.1) is 10.2 Å². The first kappa shape index (κ1) is 28.1. The molecule has 0 bridgehead atoms. The molecule has 2 saturated heterocycles. The minimum atomic E-state index is -1.51. The Bertz CT molecular complexity index is 1870. The fraction of sp³-hybridized carbons (Fsp3) is 0.333. The number of aromatic nitrogens is 6. The zero-order valence-electron chi connectivity index (χ0n) is 24.4. The molecule has 0 spiro atoms. The Morgan fingerprint density at radius 2 is 1.93 bits per heavy atom. The van der Waals surface area contributed by atoms with Crippen molar-refractivity contribution in [3.63, 3.8) is 0 Å². The molecule has 11 nitrogen and oxygen atoms in total. The van der Waals surface area contributed by atoms with Gasteiger partial charge in [0.2, 0.25) is 11.4 Å². The molecule has 2 atom stereocenters. The highest BCUT2D eigenvalue weighted by atomic mass is 16.7. The normalized spacial score (nSPS) is 19.9. The number of tetrazole rings is 1. The van der Waals surface area contributed by atoms with Gasteiger partial charge in [0.05, 0.1) is 17.4 Å². The minimum Gasteiger partial charge on any atom is -0.479 e. The number of carboxylic acid groups (broad SMARTS) is 1. The largest absolute Gasteiger partial charge is 0.479 e. The molecule has 0 saturated carbocycles. The highest BCUT2D eigenvalue weighted by Gasteiger charge is 2.54. The van der Waals surface area contributed by atoms with Crippen molar-refractivity contribution in [2.24, 2.45) is 0 Å². The number of unbranched alkanes of at least 4 members (excludes halogenated alkanes) is 1. The van der Waals surface area contributed by atoms with E-state index in [1.807, 2.05) is 48.5 Å². The summed E-state index contributed by atoms with van der Waals surface area (Å²) >= 11 is 0. The average molecular weight is 592 g/mol. The second-order valence-electron chi connectivity index (χ2n) is 11.6. The first-order chi connectivity index (χ1) is 21.5. The zero-order valence-corrected chi connectivity index (χ0v) is 24.4. The molecule has 0 aliphatic carbocycles. The maximum atomic E-state index is 14.1. The molecule has 5 aromatic rings. The highest BCUT2D eigenvalue weighted by Crippen LogP contribution is 2.44. The predicted octanol–water partition coefficient (Wildman–Crippen LogP) is 4.71. The molecule has 2 fully saturated rings. The summed E-state index contributed by atoms with van der Waals surface area (Å²) in [5.41, 5.74) is 3.13. The van der Waals surface area contributed by atoms with Crippen LogP contribution in [-0.4, -0.2) is 58.9 Å². The summed E-state index contributed by atoms with van der Waals surface area (Å²) < 4.78 is 1.73. The van der Waals surface area contributed by atoms with Crippen LogP contribution in [0.5, 0.6) is 0 Å². The van der Waals surface area contributed by atoms with Crippen LogP contribution < -0.4 is 5.56 Å². The summed E-state index contributed by atoms with van der Waals surface area (Å²) in [7, 11) is 0. The summed E-state index contributed by atoms with van der Waals surface area (Å²) in [4.78, 5) is 37.7. The zero-order chi connectivity index (χ0) is 30.3. The second kappa shape index (κ2) is 11.4. The number of rotatable bonds is 9. The maximum Gasteiger partial charge on any atom is 0.342 e. The number of aliphatic carboxylic acids is 1. The molecule has 224 valence electrons. The lowest BCUT2D eigenvalue weighted by Crippen LogP contribution is -2.37. The fourth-order valence-electron chi connectivity index (χ4n) is 6.51. The van der Waals surface area contributed by atoms with Crippen molar-refractivity contribution in [2.75, 3.05) is 6.54 Å². The fourth-order valence-corrected chi connectivity index (χ4v) is 6.51. The van der Waals surface area contributed by atoms with Crippen LogP contribution in [0.25, 0.3) is 33.4 Å². The molecular formula is C33H33N7O4. The van der Waals surface area contributed by atoms with Gasteiger partial charge in [0, 0.05) is 31.0 Å². The lowest BCUT2D eigenvalue weighted by Gasteiger charge is -2.25. The summed E-state index contributed by atoms with van der Waals surface area (Å²) in [5.74, 6) is 0.195. The van der Waals surface area contributed by atoms with Crippen LogP contribution in [0.3, 0.4) is 0 Å². The van der Waals surface area contributed by atoms with E-state index in [1.54, 1.807) is 27.8 Å². The van der Waals surface area contributed by atoms with Gasteiger partial charge in [0.25, 0.3) is 5.56 Å². The number of aromatic amines is 1. The molecule has 7 rings (SSSR count). The van der Waals surface area contributed by atoms with Gasteiger partial charge in [-0.1, -0.05) is 67.9 Å². The van der Waals surface area contributed by atoms with Crippen LogP contribution in [-0.2, 0) is 28.2 Å². The Labute approximate surface area is 253 Å². The van der Waals surface area contributed by atoms with Crippen LogP contribution in [0, 0.1) is 0 Å². The van der Waals surface area contributed by atoms with E-state index in [0.717, 1.165) is 47.9 Å². The number of aryl methyl sites for hydroxylation is 1. The van der Waals surface area contributed by atoms with Crippen LogP contribution >= 0.6 is 0 Å². The van der Waals surface area contributed by atoms with E-state index in [1.165, 1.54) is 0 Å². The predicted molar refractivity (Wildman–Crippen MR) is 164 cm³/mol. The molecule has 4 heterocycles. The third-order valence-electron chi connectivity index (χ3n) is 8.84. The van der Waals surface area contributed by atoms with E-state index in [0.29, 0.717) is 54.0 Å². The van der Waals surface area contributed by atoms with Gasteiger partial charge >= 0.3 is 5.97 Å². The van der Waals surface area contributed by atoms with Gasteiger partial charge in [-0.05, 0) is 58.9 Å². The van der Waals surface area contributed by atoms with Crippen LogP contribution in [0.15, 0.2) is 71.5 Å². The van der Waals surface area contributed by atoms with Gasteiger partial charge in [-0.25, -0.2) is 9.78 Å². The summed E-state index contributed by atoms with van der Waals surface area (Å²) in [5, 5.41) is 27.0. The van der Waals surface area contributed by atoms with E-state index in [9.17, 15) is 14.7 Å². The van der Waals surface area contributed by atoms with E-state index < -0.39 is 11.6 Å². The first-order valence-electron chi connectivity index (χ1n) is 15.1. The van der Waals surface area contributed by atoms with Crippen LogP contribution in [0.1, 0.15) is 56.0 Å². The number of benzene rings is 3. The monoisotopic (exact) mass is 591 g/mol. The Balaban J connectivity index is 1.25. The van der Waals surface area contributed by atoms with Gasteiger partial charge in [-0.3, -0.25) is 14.2 Å². The van der Waals surface area contributed by atoms with Crippen LogP contribution in [0.4, 0.5) is 0 Å². The van der Waals surface area contributed by atoms with Gasteiger partial charge in [0.15, 0.2) is 0 Å². The summed E-state index contributed by atoms with van der Waals surface area (Å²) in [6.45, 7) is 3.16. The number of carboxylic acids is 1. The molecule has 3 aromatic carbocycles. The standard InChI is InChI=1S/C33H33N7O4/c1-2-3-10-29-34-28-16-15-23(33(32(42)43)19-24-7-6-17-40(24)44-33)18-27(28)31(41)39(29)20-21-11-13-22(14-12-21)25-8-4-5-9-26(25)30-35-37-38-36-30/h4-5,8-9,11-16,18,24H,2-3,6-7,10,17,19-20H2,1H3,(H,42,43)(H,35,36,37,38)/t24-,33-/m1/s1. The molecule has 0 unspecified atom stereocenters. The van der Waals surface area contributed by atoms with E-state index in [2.05, 4.69) is 27.5 Å². The molecule has 0 radical (unpaired) electrons. The van der Waals surface area contributed by atoms with Crippen molar-refractivity contribution in [1.82, 2.24) is 35.2 Å². The third-order valence-corrected chi connectivity index (χ3v) is 8.84. The van der Waals surface area contributed by atoms with E-state index in [4.69, 9.17) is 9.82 Å². The van der Waals surface area contributed by atoms with E-state index in [-0.39, 0.29) is 11.6 Å². The first-order valence-corrected chi connectivity index (χ1v) is 15.1. The topological polar surface area (TPSA) is 139 Å². The molecule has 0 amide bonds. The number of hydrogen-bond acceptors (Lipinski definition) is 8. The lowest BCUT2D eigenvalue weighted by molar-refractivity contribution is -0.214. The molecular weight excluding hydrogens is 558 g/mol. The quantitative estimate of drug-likeness (QED) is 0.249. The van der Waals surface area contributed by atoms with Crippen molar-refractivity contribution in [3.8, 4) is 22.5 Å². The number of carbonyl (C=O) groups is 1. The number of hydroxylamine groups is 2. The smallest absolute Gasteiger partial charge is 0.342 e. The summed E-state index contributed by atoms with van der Waals surface area (Å²) in [6.07, 6.45) is 4.77. The molecule has 11 heteroatoms. The number of nitrogens with zero attached hydrogens (tertiary/aromatic N) is 6. The Morgan fingerprint density at radius 1 is 1.11 bits per heavy atom. The summed E-state index contributed by atoms with van der Waals surface area (Å²) in [6, 6.07) is 21.2. The number of hydrogen-bond donors (Lipinski definition) is 2. The van der Waals surface area contributed by atoms with Gasteiger partial charge in [-0.2, -0.15) is 10.3 Å². The van der Waals surface area contributed by atoms with Crippen LogP contribution in [0.2, 0.25) is 0 Å². The Morgan fingerprint density at radius 3 is 2.66 bits per heavy atom. The minimum absolute atomic E-state index is 0.0650. The van der Waals surface area contributed by atoms with Crippen molar-refractivity contribution in [1.29, 1.82) is 0 Å². The molecule has 2 aromatic heterocycles. The van der Waals surface area contributed by atoms with Gasteiger partial charge < -0.3 is 5.11 Å². The van der Waals surface area contributed by atoms with E-state index >= 15 is 0 Å². The molecule has 2 aliphatic rings. The highest BCUT2D eigenvalue weighted by molar-refractivity contribution is 5.85. The Kier molecular flexibility index (Phi) is 7.27. The molecule has 44 heavy (non-hydrogen) atoms. The second-order valence-corrected chi connectivity index (χ2v) is 11.6. The average Bonchev–Trinajstić information content (AvgIpc) is 3.80. The maximum absolute atomic E-state index is 14.1. The van der Waals surface area contributed by atoms with Crippen molar-refractivity contribution in [3.05, 3.63) is 94.0 Å². The SMILES string of the molecule is CCCCc1nc2ccc([C@@]3(C(=O)O)C[C@H]4CCCN4O3)cc2c(=O)n1Cc1ccc(-c2ccccc2-c2nn[nH]n2)cc1. The third kappa shape index (κ3) is 4.87. The number of fused-ring (bicyclic) bond motifs is 2. The van der Waals surface area contributed by atoms with Crippen molar-refractivity contribution >= 4 is 16.9 Å².